The third-order valence-electron chi connectivity index (χ3n) is 5.64. The van der Waals surface area contributed by atoms with Crippen LogP contribution in [0.25, 0.3) is 0 Å². The summed E-state index contributed by atoms with van der Waals surface area (Å²) in [5.41, 5.74) is 0.722. The second kappa shape index (κ2) is 9.33. The molecule has 0 nitrogen and oxygen atoms in total. The lowest BCUT2D eigenvalue weighted by molar-refractivity contribution is 0.00189. The molecule has 0 fully saturated rings. The van der Waals surface area contributed by atoms with E-state index < -0.39 is 0 Å². The minimum Gasteiger partial charge on any atom is -0.0654 e. The Labute approximate surface area is 142 Å². The van der Waals surface area contributed by atoms with Gasteiger partial charge in [-0.2, -0.15) is 0 Å². The van der Waals surface area contributed by atoms with Crippen LogP contribution in [0, 0.1) is 34.5 Å². The Bertz CT molecular complexity index is 281. The molecule has 0 aromatic rings. The molecular formula is C22H45. The summed E-state index contributed by atoms with van der Waals surface area (Å²) in [5.74, 6) is 4.17. The average molecular weight is 310 g/mol. The van der Waals surface area contributed by atoms with E-state index in [1.807, 2.05) is 5.92 Å². The van der Waals surface area contributed by atoms with E-state index in [0.29, 0.717) is 10.8 Å². The fraction of sp³-hybridized carbons (Fsp3) is 0.955. The van der Waals surface area contributed by atoms with Crippen molar-refractivity contribution in [2.24, 2.45) is 28.6 Å². The Kier molecular flexibility index (Phi) is 9.33. The molecule has 133 valence electrons. The summed E-state index contributed by atoms with van der Waals surface area (Å²) in [6.07, 6.45) is 7.95. The average Bonchev–Trinajstić information content (AvgIpc) is 2.37. The Balaban J connectivity index is 5.89. The number of hydrogen-bond acceptors (Lipinski definition) is 0. The van der Waals surface area contributed by atoms with Gasteiger partial charge in [-0.25, -0.2) is 0 Å². The predicted molar refractivity (Wildman–Crippen MR) is 103 cm³/mol. The number of unbranched alkanes of at least 4 members (excludes halogenated alkanes) is 1. The summed E-state index contributed by atoms with van der Waals surface area (Å²) < 4.78 is 0. The highest BCUT2D eigenvalue weighted by atomic mass is 14.5. The molecule has 0 spiro atoms. The van der Waals surface area contributed by atoms with Gasteiger partial charge in [-0.05, 0) is 53.8 Å². The van der Waals surface area contributed by atoms with Crippen molar-refractivity contribution in [3.05, 3.63) is 5.92 Å². The van der Waals surface area contributed by atoms with Crippen molar-refractivity contribution in [1.82, 2.24) is 0 Å². The second-order valence-corrected chi connectivity index (χ2v) is 9.43. The molecule has 22 heavy (non-hydrogen) atoms. The molecule has 1 radical (unpaired) electrons. The first-order valence-electron chi connectivity index (χ1n) is 9.88. The summed E-state index contributed by atoms with van der Waals surface area (Å²) in [4.78, 5) is 0. The van der Waals surface area contributed by atoms with Crippen LogP contribution >= 0.6 is 0 Å². The zero-order chi connectivity index (χ0) is 17.6. The lowest BCUT2D eigenvalue weighted by atomic mass is 9.49. The first kappa shape index (κ1) is 22.0. The van der Waals surface area contributed by atoms with E-state index >= 15 is 0 Å². The van der Waals surface area contributed by atoms with E-state index in [1.165, 1.54) is 38.5 Å². The van der Waals surface area contributed by atoms with Crippen LogP contribution in [0.2, 0.25) is 0 Å². The topological polar surface area (TPSA) is 0 Å². The van der Waals surface area contributed by atoms with Crippen molar-refractivity contribution in [1.29, 1.82) is 0 Å². The first-order valence-corrected chi connectivity index (χ1v) is 9.88. The Morgan fingerprint density at radius 2 is 1.41 bits per heavy atom. The van der Waals surface area contributed by atoms with Crippen LogP contribution in [0.15, 0.2) is 0 Å². The molecule has 0 saturated heterocycles. The molecule has 0 aliphatic heterocycles. The third kappa shape index (κ3) is 5.57. The van der Waals surface area contributed by atoms with E-state index in [0.717, 1.165) is 17.8 Å². The third-order valence-corrected chi connectivity index (χ3v) is 5.64. The predicted octanol–water partition coefficient (Wildman–Crippen LogP) is 7.92. The molecule has 0 rings (SSSR count). The van der Waals surface area contributed by atoms with Gasteiger partial charge in [0.05, 0.1) is 0 Å². The summed E-state index contributed by atoms with van der Waals surface area (Å²) in [5, 5.41) is 0. The highest BCUT2D eigenvalue weighted by molar-refractivity contribution is 5.14. The standard InChI is InChI=1S/C22H45/c1-11-13-14-20(15-17(3)4)22(16-18(5)6,19(7)12-2)21(8,9)10/h17-19H,11-16H2,1-10H3. The van der Waals surface area contributed by atoms with Gasteiger partial charge < -0.3 is 0 Å². The van der Waals surface area contributed by atoms with Gasteiger partial charge in [0, 0.05) is 0 Å². The smallest absolute Gasteiger partial charge is 0.0159 e. The molecule has 0 aromatic carbocycles. The number of hydrogen-bond donors (Lipinski definition) is 0. The largest absolute Gasteiger partial charge is 0.0654 e. The van der Waals surface area contributed by atoms with Gasteiger partial charge >= 0.3 is 0 Å². The van der Waals surface area contributed by atoms with Crippen molar-refractivity contribution < 1.29 is 0 Å². The van der Waals surface area contributed by atoms with Gasteiger partial charge in [0.1, 0.15) is 0 Å². The molecule has 0 heteroatoms. The van der Waals surface area contributed by atoms with Crippen LogP contribution < -0.4 is 0 Å². The van der Waals surface area contributed by atoms with Crippen LogP contribution in [-0.4, -0.2) is 0 Å². The quantitative estimate of drug-likeness (QED) is 0.384. The van der Waals surface area contributed by atoms with E-state index in [-0.39, 0.29) is 0 Å². The van der Waals surface area contributed by atoms with Crippen molar-refractivity contribution in [2.45, 2.75) is 108 Å². The SMILES string of the molecule is CCCC[C](CC(C)C)C(CC(C)C)(C(C)CC)C(C)(C)C. The Hall–Kier alpha value is 0. The van der Waals surface area contributed by atoms with E-state index in [2.05, 4.69) is 69.2 Å². The molecule has 2 unspecified atom stereocenters. The van der Waals surface area contributed by atoms with Gasteiger partial charge in [-0.15, -0.1) is 0 Å². The minimum absolute atomic E-state index is 0.338. The van der Waals surface area contributed by atoms with Gasteiger partial charge in [0.2, 0.25) is 0 Å². The van der Waals surface area contributed by atoms with Crippen LogP contribution in [0.5, 0.6) is 0 Å². The molecule has 0 aliphatic rings. The zero-order valence-corrected chi connectivity index (χ0v) is 17.5. The molecule has 0 aromatic heterocycles. The van der Waals surface area contributed by atoms with Crippen LogP contribution in [0.3, 0.4) is 0 Å². The zero-order valence-electron chi connectivity index (χ0n) is 17.5. The first-order chi connectivity index (χ1) is 10.0. The molecular weight excluding hydrogens is 264 g/mol. The number of rotatable bonds is 10. The molecule has 2 atom stereocenters. The van der Waals surface area contributed by atoms with Crippen molar-refractivity contribution >= 4 is 0 Å². The molecule has 0 aliphatic carbocycles. The van der Waals surface area contributed by atoms with Crippen LogP contribution in [-0.2, 0) is 0 Å². The summed E-state index contributed by atoms with van der Waals surface area (Å²) in [6.45, 7) is 24.3. The maximum Gasteiger partial charge on any atom is -0.0159 e. The molecule has 0 N–H and O–H groups in total. The van der Waals surface area contributed by atoms with Gasteiger partial charge in [-0.1, -0.05) is 88.5 Å². The van der Waals surface area contributed by atoms with Crippen molar-refractivity contribution in [2.75, 3.05) is 0 Å². The van der Waals surface area contributed by atoms with Crippen molar-refractivity contribution in [3.63, 3.8) is 0 Å². The van der Waals surface area contributed by atoms with E-state index in [9.17, 15) is 0 Å². The molecule has 0 amide bonds. The summed E-state index contributed by atoms with van der Waals surface area (Å²) >= 11 is 0. The maximum absolute atomic E-state index is 2.51. The lowest BCUT2D eigenvalue weighted by Crippen LogP contribution is -2.47. The van der Waals surface area contributed by atoms with E-state index in [4.69, 9.17) is 0 Å². The summed E-state index contributed by atoms with van der Waals surface area (Å²) in [6, 6.07) is 0. The van der Waals surface area contributed by atoms with Gasteiger partial charge in [-0.3, -0.25) is 0 Å². The minimum atomic E-state index is 0.338. The fourth-order valence-corrected chi connectivity index (χ4v) is 4.65. The monoisotopic (exact) mass is 309 g/mol. The Morgan fingerprint density at radius 1 is 0.864 bits per heavy atom. The summed E-state index contributed by atoms with van der Waals surface area (Å²) in [7, 11) is 0. The maximum atomic E-state index is 2.51. The lowest BCUT2D eigenvalue weighted by Gasteiger charge is -2.55. The molecule has 0 heterocycles. The van der Waals surface area contributed by atoms with Crippen LogP contribution in [0.4, 0.5) is 0 Å². The Morgan fingerprint density at radius 3 is 1.73 bits per heavy atom. The highest BCUT2D eigenvalue weighted by Gasteiger charge is 2.50. The van der Waals surface area contributed by atoms with Crippen molar-refractivity contribution in [3.8, 4) is 0 Å². The van der Waals surface area contributed by atoms with Crippen LogP contribution in [0.1, 0.15) is 108 Å². The van der Waals surface area contributed by atoms with E-state index in [1.54, 1.807) is 0 Å². The molecule has 0 bridgehead atoms. The second-order valence-electron chi connectivity index (χ2n) is 9.43. The van der Waals surface area contributed by atoms with Gasteiger partial charge in [0.25, 0.3) is 0 Å². The fourth-order valence-electron chi connectivity index (χ4n) is 4.65. The normalized spacial score (nSPS) is 17.3. The highest BCUT2D eigenvalue weighted by Crippen LogP contribution is 2.59. The van der Waals surface area contributed by atoms with Gasteiger partial charge in [0.15, 0.2) is 0 Å². The molecule has 0 saturated carbocycles.